The number of sulfonamides is 1. The Bertz CT molecular complexity index is 494. The third kappa shape index (κ3) is 2.79. The first-order valence-electron chi connectivity index (χ1n) is 5.29. The van der Waals surface area contributed by atoms with Gasteiger partial charge in [0, 0.05) is 20.2 Å². The summed E-state index contributed by atoms with van der Waals surface area (Å²) in [5, 5.41) is -0.0375. The summed E-state index contributed by atoms with van der Waals surface area (Å²) in [4.78, 5) is 3.77. The van der Waals surface area contributed by atoms with Crippen molar-refractivity contribution in [2.24, 2.45) is 7.05 Å². The zero-order valence-electron chi connectivity index (χ0n) is 9.39. The summed E-state index contributed by atoms with van der Waals surface area (Å²) in [6, 6.07) is 0. The molecule has 1 saturated heterocycles. The molecule has 0 aliphatic carbocycles. The first kappa shape index (κ1) is 12.8. The van der Waals surface area contributed by atoms with Crippen LogP contribution in [-0.4, -0.2) is 37.2 Å². The summed E-state index contributed by atoms with van der Waals surface area (Å²) in [6.07, 6.45) is 3.16. The maximum absolute atomic E-state index is 11.9. The Kier molecular flexibility index (Phi) is 3.72. The summed E-state index contributed by atoms with van der Waals surface area (Å²) >= 11 is 5.84. The van der Waals surface area contributed by atoms with Crippen molar-refractivity contribution in [2.45, 2.75) is 24.0 Å². The summed E-state index contributed by atoms with van der Waals surface area (Å²) in [6.45, 7) is 0.950. The second-order valence-electron chi connectivity index (χ2n) is 3.94. The van der Waals surface area contributed by atoms with E-state index in [1.165, 1.54) is 10.9 Å². The van der Waals surface area contributed by atoms with Gasteiger partial charge in [0.15, 0.2) is 0 Å². The van der Waals surface area contributed by atoms with Crippen molar-refractivity contribution in [3.8, 4) is 0 Å². The standard InChI is InChI=1S/C9H14ClN3O3S/c1-13-6-11-9(8(13)10)17(14,15)12-5-7-3-2-4-16-7/h6-7,12H,2-5H2,1H3. The number of nitrogens with one attached hydrogen (secondary N) is 1. The van der Waals surface area contributed by atoms with Crippen molar-refractivity contribution in [2.75, 3.05) is 13.2 Å². The minimum absolute atomic E-state index is 0.0488. The van der Waals surface area contributed by atoms with Crippen LogP contribution in [0.3, 0.4) is 0 Å². The minimum atomic E-state index is -3.65. The molecule has 1 N–H and O–H groups in total. The maximum atomic E-state index is 11.9. The predicted molar refractivity (Wildman–Crippen MR) is 62.4 cm³/mol. The molecule has 2 heterocycles. The van der Waals surface area contributed by atoms with Gasteiger partial charge in [-0.05, 0) is 12.8 Å². The number of nitrogens with zero attached hydrogens (tertiary/aromatic N) is 2. The van der Waals surface area contributed by atoms with Gasteiger partial charge in [0.25, 0.3) is 10.0 Å². The van der Waals surface area contributed by atoms with Crippen LogP contribution in [0.2, 0.25) is 5.15 Å². The molecule has 0 amide bonds. The molecule has 2 rings (SSSR count). The molecule has 1 aromatic rings. The lowest BCUT2D eigenvalue weighted by atomic mass is 10.2. The summed E-state index contributed by atoms with van der Waals surface area (Å²) in [5.74, 6) is 0. The van der Waals surface area contributed by atoms with E-state index in [0.29, 0.717) is 6.61 Å². The lowest BCUT2D eigenvalue weighted by molar-refractivity contribution is 0.114. The fourth-order valence-electron chi connectivity index (χ4n) is 1.65. The predicted octanol–water partition coefficient (Wildman–Crippen LogP) is 0.531. The van der Waals surface area contributed by atoms with Crippen LogP contribution < -0.4 is 4.72 Å². The van der Waals surface area contributed by atoms with Crippen LogP contribution in [0.25, 0.3) is 0 Å². The first-order chi connectivity index (χ1) is 8.00. The van der Waals surface area contributed by atoms with E-state index in [-0.39, 0.29) is 22.8 Å². The van der Waals surface area contributed by atoms with E-state index in [4.69, 9.17) is 16.3 Å². The van der Waals surface area contributed by atoms with Gasteiger partial charge in [-0.1, -0.05) is 11.6 Å². The highest BCUT2D eigenvalue weighted by Crippen LogP contribution is 2.19. The number of ether oxygens (including phenoxy) is 1. The topological polar surface area (TPSA) is 73.2 Å². The number of rotatable bonds is 4. The second-order valence-corrected chi connectivity index (χ2v) is 5.98. The average molecular weight is 280 g/mol. The van der Waals surface area contributed by atoms with Crippen LogP contribution in [0.1, 0.15) is 12.8 Å². The van der Waals surface area contributed by atoms with Crippen LogP contribution in [0.15, 0.2) is 11.4 Å². The largest absolute Gasteiger partial charge is 0.377 e. The SMILES string of the molecule is Cn1cnc(S(=O)(=O)NCC2CCCO2)c1Cl. The maximum Gasteiger partial charge on any atom is 0.261 e. The third-order valence-electron chi connectivity index (χ3n) is 2.61. The molecule has 17 heavy (non-hydrogen) atoms. The van der Waals surface area contributed by atoms with Gasteiger partial charge in [-0.25, -0.2) is 18.1 Å². The van der Waals surface area contributed by atoms with Gasteiger partial charge in [0.1, 0.15) is 5.15 Å². The van der Waals surface area contributed by atoms with E-state index in [9.17, 15) is 8.42 Å². The Balaban J connectivity index is 2.05. The smallest absolute Gasteiger partial charge is 0.261 e. The fourth-order valence-corrected chi connectivity index (χ4v) is 3.14. The highest BCUT2D eigenvalue weighted by molar-refractivity contribution is 7.89. The Morgan fingerprint density at radius 3 is 3.00 bits per heavy atom. The van der Waals surface area contributed by atoms with Gasteiger partial charge in [0.05, 0.1) is 12.4 Å². The normalized spacial score (nSPS) is 20.9. The Hall–Kier alpha value is -0.630. The van der Waals surface area contributed by atoms with Gasteiger partial charge in [-0.2, -0.15) is 0 Å². The number of hydrogen-bond acceptors (Lipinski definition) is 4. The van der Waals surface area contributed by atoms with Crippen LogP contribution in [0, 0.1) is 0 Å². The molecule has 8 heteroatoms. The van der Waals surface area contributed by atoms with Crippen molar-refractivity contribution >= 4 is 21.6 Å². The Morgan fingerprint density at radius 2 is 2.47 bits per heavy atom. The first-order valence-corrected chi connectivity index (χ1v) is 7.15. The molecule has 1 aliphatic heterocycles. The summed E-state index contributed by atoms with van der Waals surface area (Å²) in [7, 11) is -2.02. The van der Waals surface area contributed by atoms with Crippen molar-refractivity contribution in [1.82, 2.24) is 14.3 Å². The summed E-state index contributed by atoms with van der Waals surface area (Å²) in [5.41, 5.74) is 0. The molecular formula is C9H14ClN3O3S. The quantitative estimate of drug-likeness (QED) is 0.873. The lowest BCUT2D eigenvalue weighted by Gasteiger charge is -2.10. The number of imidazole rings is 1. The Labute approximate surface area is 105 Å². The van der Waals surface area contributed by atoms with Gasteiger partial charge >= 0.3 is 0 Å². The molecule has 1 aliphatic rings. The van der Waals surface area contributed by atoms with Crippen molar-refractivity contribution < 1.29 is 13.2 Å². The van der Waals surface area contributed by atoms with Crippen molar-refractivity contribution in [1.29, 1.82) is 0 Å². The van der Waals surface area contributed by atoms with E-state index in [1.807, 2.05) is 0 Å². The molecule has 0 saturated carbocycles. The number of halogens is 1. The molecule has 1 fully saturated rings. The molecule has 0 radical (unpaired) electrons. The van der Waals surface area contributed by atoms with E-state index in [1.54, 1.807) is 7.05 Å². The van der Waals surface area contributed by atoms with Crippen LogP contribution in [0.5, 0.6) is 0 Å². The van der Waals surface area contributed by atoms with Crippen LogP contribution >= 0.6 is 11.6 Å². The number of hydrogen-bond donors (Lipinski definition) is 1. The van der Waals surface area contributed by atoms with Crippen LogP contribution in [-0.2, 0) is 21.8 Å². The molecule has 0 aromatic carbocycles. The number of aryl methyl sites for hydroxylation is 1. The zero-order chi connectivity index (χ0) is 12.5. The van der Waals surface area contributed by atoms with Gasteiger partial charge in [-0.3, -0.25) is 0 Å². The summed E-state index contributed by atoms with van der Waals surface area (Å²) < 4.78 is 33.0. The number of aromatic nitrogens is 2. The van der Waals surface area contributed by atoms with E-state index < -0.39 is 10.0 Å². The third-order valence-corrected chi connectivity index (χ3v) is 4.53. The van der Waals surface area contributed by atoms with Gasteiger partial charge in [0.2, 0.25) is 5.03 Å². The lowest BCUT2D eigenvalue weighted by Crippen LogP contribution is -2.32. The van der Waals surface area contributed by atoms with Crippen molar-refractivity contribution in [3.05, 3.63) is 11.5 Å². The second kappa shape index (κ2) is 4.93. The van der Waals surface area contributed by atoms with Gasteiger partial charge in [-0.15, -0.1) is 0 Å². The molecule has 1 aromatic heterocycles. The molecule has 1 unspecified atom stereocenters. The minimum Gasteiger partial charge on any atom is -0.377 e. The average Bonchev–Trinajstić information content (AvgIpc) is 2.88. The van der Waals surface area contributed by atoms with Gasteiger partial charge < -0.3 is 9.30 Å². The molecule has 6 nitrogen and oxygen atoms in total. The highest BCUT2D eigenvalue weighted by atomic mass is 35.5. The monoisotopic (exact) mass is 279 g/mol. The van der Waals surface area contributed by atoms with Crippen molar-refractivity contribution in [3.63, 3.8) is 0 Å². The molecule has 96 valence electrons. The molecular weight excluding hydrogens is 266 g/mol. The van der Waals surface area contributed by atoms with E-state index >= 15 is 0 Å². The van der Waals surface area contributed by atoms with E-state index in [2.05, 4.69) is 9.71 Å². The zero-order valence-corrected chi connectivity index (χ0v) is 11.0. The molecule has 0 spiro atoms. The molecule has 1 atom stereocenters. The molecule has 0 bridgehead atoms. The Morgan fingerprint density at radius 1 is 1.71 bits per heavy atom. The van der Waals surface area contributed by atoms with E-state index in [0.717, 1.165) is 12.8 Å². The fraction of sp³-hybridized carbons (Fsp3) is 0.667. The van der Waals surface area contributed by atoms with Crippen LogP contribution in [0.4, 0.5) is 0 Å². The highest BCUT2D eigenvalue weighted by Gasteiger charge is 2.24.